The minimum Gasteiger partial charge on any atom is -0.493 e. The molecule has 0 aliphatic carbocycles. The Kier molecular flexibility index (Phi) is 7.48. The van der Waals surface area contributed by atoms with Crippen LogP contribution in [0.15, 0.2) is 30.3 Å². The van der Waals surface area contributed by atoms with Gasteiger partial charge in [-0.1, -0.05) is 6.07 Å². The van der Waals surface area contributed by atoms with Crippen molar-refractivity contribution in [3.05, 3.63) is 41.5 Å². The Morgan fingerprint density at radius 1 is 1.00 bits per heavy atom. The van der Waals surface area contributed by atoms with Gasteiger partial charge in [0.2, 0.25) is 11.7 Å². The maximum absolute atomic E-state index is 12.6. The van der Waals surface area contributed by atoms with Crippen LogP contribution in [-0.2, 0) is 11.4 Å². The molecule has 0 heterocycles. The lowest BCUT2D eigenvalue weighted by Gasteiger charge is -2.15. The molecule has 0 aliphatic rings. The number of halogens is 1. The molecule has 0 saturated heterocycles. The Balaban J connectivity index is 2.32. The lowest BCUT2D eigenvalue weighted by molar-refractivity contribution is -0.113. The highest BCUT2D eigenvalue weighted by Crippen LogP contribution is 2.40. The van der Waals surface area contributed by atoms with Crippen LogP contribution < -0.4 is 24.8 Å². The lowest BCUT2D eigenvalue weighted by atomic mass is 10.1. The molecule has 2 aromatic carbocycles. The molecule has 0 unspecified atom stereocenters. The van der Waals surface area contributed by atoms with Crippen LogP contribution in [0, 0.1) is 0 Å². The summed E-state index contributed by atoms with van der Waals surface area (Å²) in [5.41, 5.74) is 1.47. The Labute approximate surface area is 167 Å². The molecule has 28 heavy (non-hydrogen) atoms. The quantitative estimate of drug-likeness (QED) is 0.580. The molecule has 0 aliphatic heterocycles. The molecule has 0 saturated carbocycles. The first-order valence-corrected chi connectivity index (χ1v) is 8.71. The summed E-state index contributed by atoms with van der Waals surface area (Å²) in [6, 6.07) is 7.74. The summed E-state index contributed by atoms with van der Waals surface area (Å²) < 4.78 is 15.8. The number of anilines is 2. The average Bonchev–Trinajstić information content (AvgIpc) is 2.72. The first-order valence-electron chi connectivity index (χ1n) is 8.18. The van der Waals surface area contributed by atoms with E-state index in [9.17, 15) is 14.7 Å². The molecule has 9 heteroatoms. The normalized spacial score (nSPS) is 10.2. The summed E-state index contributed by atoms with van der Waals surface area (Å²) in [5.74, 6) is 0.0676. The number of amides is 2. The number of rotatable bonds is 8. The van der Waals surface area contributed by atoms with Crippen LogP contribution in [0.5, 0.6) is 17.2 Å². The van der Waals surface area contributed by atoms with Crippen molar-refractivity contribution in [3.8, 4) is 17.2 Å². The van der Waals surface area contributed by atoms with E-state index >= 15 is 0 Å². The lowest BCUT2D eigenvalue weighted by Crippen LogP contribution is -2.16. The van der Waals surface area contributed by atoms with Crippen molar-refractivity contribution >= 4 is 34.8 Å². The van der Waals surface area contributed by atoms with Crippen LogP contribution in [0.4, 0.5) is 11.4 Å². The van der Waals surface area contributed by atoms with Gasteiger partial charge in [0, 0.05) is 34.6 Å². The van der Waals surface area contributed by atoms with E-state index < -0.39 is 11.8 Å². The summed E-state index contributed by atoms with van der Waals surface area (Å²) in [4.78, 5) is 24.2. The summed E-state index contributed by atoms with van der Waals surface area (Å²) >= 11 is 5.50. The highest BCUT2D eigenvalue weighted by molar-refractivity contribution is 6.29. The Morgan fingerprint density at radius 2 is 1.64 bits per heavy atom. The highest BCUT2D eigenvalue weighted by atomic mass is 35.5. The van der Waals surface area contributed by atoms with Gasteiger partial charge >= 0.3 is 0 Å². The van der Waals surface area contributed by atoms with Crippen molar-refractivity contribution in [2.45, 2.75) is 6.61 Å². The number of carbonyl (C=O) groups is 2. The molecule has 2 amide bonds. The van der Waals surface area contributed by atoms with E-state index in [1.54, 1.807) is 18.2 Å². The molecule has 0 radical (unpaired) electrons. The Bertz CT molecular complexity index is 846. The minimum atomic E-state index is -0.446. The van der Waals surface area contributed by atoms with Crippen molar-refractivity contribution in [2.75, 3.05) is 37.8 Å². The fourth-order valence-corrected chi connectivity index (χ4v) is 2.58. The zero-order valence-corrected chi connectivity index (χ0v) is 16.4. The number of carbonyl (C=O) groups excluding carboxylic acids is 2. The summed E-state index contributed by atoms with van der Waals surface area (Å²) in [6.45, 7) is -0.299. The van der Waals surface area contributed by atoms with Crippen molar-refractivity contribution < 1.29 is 28.9 Å². The summed E-state index contributed by atoms with van der Waals surface area (Å²) in [6.07, 6.45) is 0. The predicted octanol–water partition coefficient (Wildman–Crippen LogP) is 2.63. The molecule has 3 N–H and O–H groups in total. The Hall–Kier alpha value is -2.97. The smallest absolute Gasteiger partial charge is 0.255 e. The van der Waals surface area contributed by atoms with Gasteiger partial charge in [-0.3, -0.25) is 9.59 Å². The zero-order chi connectivity index (χ0) is 20.7. The summed E-state index contributed by atoms with van der Waals surface area (Å²) in [7, 11) is 4.43. The molecule has 0 atom stereocenters. The SMILES string of the molecule is COc1cc(NC(=O)c2ccc(CO)c(NC(=O)CCl)c2)cc(OC)c1OC. The number of aliphatic hydroxyl groups is 1. The van der Waals surface area contributed by atoms with Crippen molar-refractivity contribution in [3.63, 3.8) is 0 Å². The number of alkyl halides is 1. The molecule has 0 spiro atoms. The van der Waals surface area contributed by atoms with Crippen LogP contribution in [0.1, 0.15) is 15.9 Å². The fraction of sp³-hybridized carbons (Fsp3) is 0.263. The number of hydrogen-bond donors (Lipinski definition) is 3. The van der Waals surface area contributed by atoms with Gasteiger partial charge in [-0.05, 0) is 12.1 Å². The molecule has 0 fully saturated rings. The van der Waals surface area contributed by atoms with Gasteiger partial charge in [-0.2, -0.15) is 0 Å². The molecule has 0 bridgehead atoms. The molecular formula is C19H21ClN2O6. The van der Waals surface area contributed by atoms with E-state index in [2.05, 4.69) is 10.6 Å². The highest BCUT2D eigenvalue weighted by Gasteiger charge is 2.16. The van der Waals surface area contributed by atoms with Gasteiger partial charge in [0.25, 0.3) is 5.91 Å². The third-order valence-corrected chi connectivity index (χ3v) is 4.10. The second-order valence-corrected chi connectivity index (χ2v) is 5.85. The maximum atomic E-state index is 12.6. The van der Waals surface area contributed by atoms with Crippen molar-refractivity contribution in [2.24, 2.45) is 0 Å². The van der Waals surface area contributed by atoms with Crippen molar-refractivity contribution in [1.82, 2.24) is 0 Å². The number of benzene rings is 2. The van der Waals surface area contributed by atoms with Gasteiger partial charge in [-0.15, -0.1) is 11.6 Å². The fourth-order valence-electron chi connectivity index (χ4n) is 2.51. The number of methoxy groups -OCH3 is 3. The first-order chi connectivity index (χ1) is 13.5. The van der Waals surface area contributed by atoms with Crippen LogP contribution in [0.25, 0.3) is 0 Å². The molecule has 0 aromatic heterocycles. The van der Waals surface area contributed by atoms with Crippen LogP contribution in [-0.4, -0.2) is 44.1 Å². The second kappa shape index (κ2) is 9.82. The van der Waals surface area contributed by atoms with Crippen LogP contribution >= 0.6 is 11.6 Å². The number of hydrogen-bond acceptors (Lipinski definition) is 6. The van der Waals surface area contributed by atoms with Gasteiger partial charge in [0.05, 0.1) is 27.9 Å². The minimum absolute atomic E-state index is 0.243. The average molecular weight is 409 g/mol. The number of aliphatic hydroxyl groups excluding tert-OH is 1. The van der Waals surface area contributed by atoms with Gasteiger partial charge < -0.3 is 30.0 Å². The zero-order valence-electron chi connectivity index (χ0n) is 15.7. The van der Waals surface area contributed by atoms with Gasteiger partial charge in [-0.25, -0.2) is 0 Å². The first kappa shape index (κ1) is 21.3. The topological polar surface area (TPSA) is 106 Å². The number of ether oxygens (including phenoxy) is 3. The second-order valence-electron chi connectivity index (χ2n) is 5.58. The third kappa shape index (κ3) is 4.85. The monoisotopic (exact) mass is 408 g/mol. The summed E-state index contributed by atoms with van der Waals surface area (Å²) in [5, 5.41) is 14.7. The van der Waals surface area contributed by atoms with Crippen LogP contribution in [0.2, 0.25) is 0 Å². The van der Waals surface area contributed by atoms with E-state index in [1.807, 2.05) is 0 Å². The van der Waals surface area contributed by atoms with E-state index in [0.717, 1.165) is 0 Å². The van der Waals surface area contributed by atoms with Gasteiger partial charge in [0.1, 0.15) is 5.88 Å². The Morgan fingerprint density at radius 3 is 2.14 bits per heavy atom. The number of nitrogens with one attached hydrogen (secondary N) is 2. The molecule has 2 aromatic rings. The third-order valence-electron chi connectivity index (χ3n) is 3.86. The molecule has 2 rings (SSSR count). The standard InChI is InChI=1S/C19H21ClN2O6/c1-26-15-7-13(8-16(27-2)18(15)28-3)21-19(25)11-4-5-12(10-23)14(6-11)22-17(24)9-20/h4-8,23H,9-10H2,1-3H3,(H,21,25)(H,22,24). The van der Waals surface area contributed by atoms with E-state index in [-0.39, 0.29) is 18.1 Å². The van der Waals surface area contributed by atoms with Crippen molar-refractivity contribution in [1.29, 1.82) is 0 Å². The maximum Gasteiger partial charge on any atom is 0.255 e. The molecule has 8 nitrogen and oxygen atoms in total. The van der Waals surface area contributed by atoms with E-state index in [1.165, 1.54) is 33.5 Å². The van der Waals surface area contributed by atoms with Crippen LogP contribution in [0.3, 0.4) is 0 Å². The molecule has 150 valence electrons. The molecular weight excluding hydrogens is 388 g/mol. The predicted molar refractivity (Wildman–Crippen MR) is 106 cm³/mol. The largest absolute Gasteiger partial charge is 0.493 e. The van der Waals surface area contributed by atoms with E-state index in [0.29, 0.717) is 34.2 Å². The van der Waals surface area contributed by atoms with Gasteiger partial charge in [0.15, 0.2) is 11.5 Å². The van der Waals surface area contributed by atoms with E-state index in [4.69, 9.17) is 25.8 Å².